The Balaban J connectivity index is 1.63. The van der Waals surface area contributed by atoms with Gasteiger partial charge in [0.2, 0.25) is 0 Å². The minimum Gasteiger partial charge on any atom is -0.369 e. The lowest BCUT2D eigenvalue weighted by Crippen LogP contribution is -2.39. The Morgan fingerprint density at radius 2 is 2.26 bits per heavy atom. The highest BCUT2D eigenvalue weighted by Gasteiger charge is 2.32. The van der Waals surface area contributed by atoms with Gasteiger partial charge < -0.3 is 9.64 Å². The second-order valence-electron chi connectivity index (χ2n) is 6.15. The highest BCUT2D eigenvalue weighted by molar-refractivity contribution is 9.10. The fourth-order valence-electron chi connectivity index (χ4n) is 3.39. The summed E-state index contributed by atoms with van der Waals surface area (Å²) in [7, 11) is 0. The number of aromatic nitrogens is 4. The first kappa shape index (κ1) is 14.9. The number of hydrogen-bond donors (Lipinski definition) is 1. The van der Waals surface area contributed by atoms with Gasteiger partial charge in [0, 0.05) is 18.5 Å². The quantitative estimate of drug-likeness (QED) is 0.822. The van der Waals surface area contributed by atoms with Crippen LogP contribution < -0.4 is 0 Å². The number of H-pyrrole nitrogens is 1. The van der Waals surface area contributed by atoms with Gasteiger partial charge in [0.05, 0.1) is 47.4 Å². The molecule has 0 spiro atoms. The third-order valence-electron chi connectivity index (χ3n) is 4.54. The first-order valence-corrected chi connectivity index (χ1v) is 8.56. The molecule has 8 heteroatoms. The lowest BCUT2D eigenvalue weighted by atomic mass is 9.99. The topological polar surface area (TPSA) is 76.0 Å². The number of halogens is 1. The summed E-state index contributed by atoms with van der Waals surface area (Å²) in [6.45, 7) is 5.90. The van der Waals surface area contributed by atoms with Crippen LogP contribution in [0, 0.1) is 0 Å². The first-order valence-electron chi connectivity index (χ1n) is 7.76. The second-order valence-corrected chi connectivity index (χ2v) is 7.00. The monoisotopic (exact) mass is 379 g/mol. The number of carbonyl (C=O) groups is 1. The van der Waals surface area contributed by atoms with Crippen LogP contribution in [-0.2, 0) is 24.2 Å². The number of nitrogens with one attached hydrogen (secondary N) is 1. The first-order chi connectivity index (χ1) is 11.0. The Morgan fingerprint density at radius 1 is 1.43 bits per heavy atom. The van der Waals surface area contributed by atoms with Crippen LogP contribution in [0.15, 0.2) is 10.7 Å². The smallest absolute Gasteiger partial charge is 0.275 e. The molecule has 122 valence electrons. The molecule has 2 atom stereocenters. The van der Waals surface area contributed by atoms with Gasteiger partial charge in [0.25, 0.3) is 5.91 Å². The van der Waals surface area contributed by atoms with Gasteiger partial charge in [-0.2, -0.15) is 10.2 Å². The van der Waals surface area contributed by atoms with Crippen LogP contribution in [0.1, 0.15) is 47.4 Å². The molecule has 0 saturated carbocycles. The SMILES string of the molecule is C[C@@H]1Cc2c(C(=O)N3CCn4ncc(Br)c4C3)n[nH]c2[C@H](C)O1. The molecular formula is C15H18BrN5O2. The molecule has 23 heavy (non-hydrogen) atoms. The molecule has 2 aromatic heterocycles. The summed E-state index contributed by atoms with van der Waals surface area (Å²) in [5, 5.41) is 11.6. The Bertz CT molecular complexity index is 768. The van der Waals surface area contributed by atoms with Crippen LogP contribution in [0.5, 0.6) is 0 Å². The molecule has 0 aromatic carbocycles. The van der Waals surface area contributed by atoms with Gasteiger partial charge in [-0.15, -0.1) is 0 Å². The molecule has 0 saturated heterocycles. The summed E-state index contributed by atoms with van der Waals surface area (Å²) in [6.07, 6.45) is 2.53. The Hall–Kier alpha value is -1.67. The van der Waals surface area contributed by atoms with E-state index < -0.39 is 0 Å². The molecule has 7 nitrogen and oxygen atoms in total. The third kappa shape index (κ3) is 2.40. The van der Waals surface area contributed by atoms with E-state index in [1.165, 1.54) is 0 Å². The molecule has 0 unspecified atom stereocenters. The number of hydrogen-bond acceptors (Lipinski definition) is 4. The molecule has 4 rings (SSSR count). The standard InChI is InChI=1S/C15H18BrN5O2/c1-8-5-10-13(9(2)23-8)18-19-14(10)15(22)20-3-4-21-12(7-20)11(16)6-17-21/h6,8-9H,3-5,7H2,1-2H3,(H,18,19)/t8-,9+/m1/s1. The highest BCUT2D eigenvalue weighted by atomic mass is 79.9. The zero-order valence-electron chi connectivity index (χ0n) is 13.0. The van der Waals surface area contributed by atoms with Crippen LogP contribution in [-0.4, -0.2) is 43.4 Å². The van der Waals surface area contributed by atoms with Gasteiger partial charge in [-0.05, 0) is 29.8 Å². The van der Waals surface area contributed by atoms with E-state index in [0.717, 1.165) is 21.4 Å². The summed E-state index contributed by atoms with van der Waals surface area (Å²) in [5.41, 5.74) is 3.49. The maximum atomic E-state index is 12.9. The fraction of sp³-hybridized carbons (Fsp3) is 0.533. The van der Waals surface area contributed by atoms with E-state index in [1.807, 2.05) is 23.4 Å². The van der Waals surface area contributed by atoms with Crippen LogP contribution in [0.2, 0.25) is 0 Å². The number of fused-ring (bicyclic) bond motifs is 2. The fourth-order valence-corrected chi connectivity index (χ4v) is 3.81. The highest BCUT2D eigenvalue weighted by Crippen LogP contribution is 2.31. The summed E-state index contributed by atoms with van der Waals surface area (Å²) >= 11 is 3.49. The number of rotatable bonds is 1. The van der Waals surface area contributed by atoms with E-state index in [0.29, 0.717) is 31.7 Å². The van der Waals surface area contributed by atoms with Crippen molar-refractivity contribution in [2.45, 2.75) is 45.6 Å². The molecule has 0 radical (unpaired) electrons. The van der Waals surface area contributed by atoms with Crippen molar-refractivity contribution in [2.24, 2.45) is 0 Å². The van der Waals surface area contributed by atoms with E-state index in [2.05, 4.69) is 31.2 Å². The molecule has 2 aliphatic rings. The molecule has 1 N–H and O–H groups in total. The van der Waals surface area contributed by atoms with Crippen LogP contribution in [0.3, 0.4) is 0 Å². The zero-order valence-corrected chi connectivity index (χ0v) is 14.6. The molecule has 0 fully saturated rings. The second kappa shape index (κ2) is 5.45. The van der Waals surface area contributed by atoms with Gasteiger partial charge >= 0.3 is 0 Å². The Morgan fingerprint density at radius 3 is 3.09 bits per heavy atom. The zero-order chi connectivity index (χ0) is 16.1. The molecular weight excluding hydrogens is 362 g/mol. The molecule has 0 aliphatic carbocycles. The summed E-state index contributed by atoms with van der Waals surface area (Å²) in [4.78, 5) is 14.8. The van der Waals surface area contributed by atoms with Crippen molar-refractivity contribution in [1.82, 2.24) is 24.9 Å². The van der Waals surface area contributed by atoms with Crippen molar-refractivity contribution in [1.29, 1.82) is 0 Å². The molecule has 2 aromatic rings. The third-order valence-corrected chi connectivity index (χ3v) is 5.21. The molecule has 0 bridgehead atoms. The van der Waals surface area contributed by atoms with Crippen LogP contribution >= 0.6 is 15.9 Å². The van der Waals surface area contributed by atoms with Crippen molar-refractivity contribution < 1.29 is 9.53 Å². The molecule has 2 aliphatic heterocycles. The number of aromatic amines is 1. The van der Waals surface area contributed by atoms with Crippen molar-refractivity contribution in [3.63, 3.8) is 0 Å². The minimum absolute atomic E-state index is 0.0249. The summed E-state index contributed by atoms with van der Waals surface area (Å²) in [5.74, 6) is -0.0249. The maximum Gasteiger partial charge on any atom is 0.275 e. The van der Waals surface area contributed by atoms with E-state index in [1.54, 1.807) is 6.20 Å². The predicted octanol–water partition coefficient (Wildman–Crippen LogP) is 2.05. The minimum atomic E-state index is -0.0558. The van der Waals surface area contributed by atoms with Crippen LogP contribution in [0.4, 0.5) is 0 Å². The molecule has 4 heterocycles. The number of carbonyl (C=O) groups excluding carboxylic acids is 1. The maximum absolute atomic E-state index is 12.9. The van der Waals surface area contributed by atoms with Gasteiger partial charge in [0.15, 0.2) is 5.69 Å². The summed E-state index contributed by atoms with van der Waals surface area (Å²) < 4.78 is 8.66. The Kier molecular flexibility index (Phi) is 3.53. The predicted molar refractivity (Wildman–Crippen MR) is 85.9 cm³/mol. The van der Waals surface area contributed by atoms with E-state index >= 15 is 0 Å². The van der Waals surface area contributed by atoms with Gasteiger partial charge in [0.1, 0.15) is 0 Å². The lowest BCUT2D eigenvalue weighted by molar-refractivity contribution is -0.00703. The van der Waals surface area contributed by atoms with Crippen LogP contribution in [0.25, 0.3) is 0 Å². The average molecular weight is 380 g/mol. The van der Waals surface area contributed by atoms with E-state index in [9.17, 15) is 4.79 Å². The van der Waals surface area contributed by atoms with Crippen molar-refractivity contribution >= 4 is 21.8 Å². The van der Waals surface area contributed by atoms with Gasteiger partial charge in [-0.3, -0.25) is 14.6 Å². The van der Waals surface area contributed by atoms with Crippen molar-refractivity contribution in [3.8, 4) is 0 Å². The average Bonchev–Trinajstić information content (AvgIpc) is 3.11. The summed E-state index contributed by atoms with van der Waals surface area (Å²) in [6, 6.07) is 0. The van der Waals surface area contributed by atoms with E-state index in [-0.39, 0.29) is 18.1 Å². The normalized spacial score (nSPS) is 23.5. The number of amides is 1. The van der Waals surface area contributed by atoms with E-state index in [4.69, 9.17) is 4.74 Å². The largest absolute Gasteiger partial charge is 0.369 e. The van der Waals surface area contributed by atoms with Gasteiger partial charge in [-0.25, -0.2) is 0 Å². The number of ether oxygens (including phenoxy) is 1. The Labute approximate surface area is 142 Å². The number of nitrogens with zero attached hydrogens (tertiary/aromatic N) is 4. The van der Waals surface area contributed by atoms with Crippen molar-refractivity contribution in [2.75, 3.05) is 6.54 Å². The van der Waals surface area contributed by atoms with Gasteiger partial charge in [-0.1, -0.05) is 0 Å². The molecule has 1 amide bonds. The lowest BCUT2D eigenvalue weighted by Gasteiger charge is -2.29. The van der Waals surface area contributed by atoms with Crippen molar-refractivity contribution in [3.05, 3.63) is 33.3 Å².